The molecule has 5 aromatic rings. The Kier molecular flexibility index (Phi) is 5.81. The summed E-state index contributed by atoms with van der Waals surface area (Å²) in [7, 11) is 0. The zero-order chi connectivity index (χ0) is 25.5. The van der Waals surface area contributed by atoms with Gasteiger partial charge in [-0.15, -0.1) is 0 Å². The van der Waals surface area contributed by atoms with Gasteiger partial charge in [-0.3, -0.25) is 4.79 Å². The first-order valence-corrected chi connectivity index (χ1v) is 12.6. The number of halogens is 1. The van der Waals surface area contributed by atoms with Gasteiger partial charge in [-0.05, 0) is 36.4 Å². The average Bonchev–Trinajstić information content (AvgIpc) is 3.54. The van der Waals surface area contributed by atoms with E-state index in [1.54, 1.807) is 12.1 Å². The molecular weight excluding hydrogens is 532 g/mol. The molecule has 1 aliphatic heterocycles. The highest BCUT2D eigenvalue weighted by atomic mass is 79.9. The zero-order valence-corrected chi connectivity index (χ0v) is 21.4. The van der Waals surface area contributed by atoms with Crippen molar-refractivity contribution < 1.29 is 9.21 Å². The number of rotatable bonds is 4. The maximum atomic E-state index is 12.9. The Bertz CT molecular complexity index is 1720. The Balaban J connectivity index is 1.47. The van der Waals surface area contributed by atoms with Crippen LogP contribution in [0.5, 0.6) is 0 Å². The third-order valence-electron chi connectivity index (χ3n) is 6.43. The van der Waals surface area contributed by atoms with E-state index in [9.17, 15) is 9.59 Å². The first-order chi connectivity index (χ1) is 18.0. The van der Waals surface area contributed by atoms with Gasteiger partial charge in [-0.25, -0.2) is 14.5 Å². The number of carbonyl (C=O) groups is 1. The molecule has 6 rings (SSSR count). The third kappa shape index (κ3) is 4.29. The van der Waals surface area contributed by atoms with E-state index in [0.717, 1.165) is 32.4 Å². The molecule has 2 aromatic heterocycles. The maximum Gasteiger partial charge on any atom is 0.345 e. The van der Waals surface area contributed by atoms with E-state index in [-0.39, 0.29) is 5.91 Å². The van der Waals surface area contributed by atoms with Crippen molar-refractivity contribution in [3.8, 4) is 16.9 Å². The van der Waals surface area contributed by atoms with Gasteiger partial charge in [0.25, 0.3) is 0 Å². The number of carbonyl (C=O) groups excluding carboxylic acids is 1. The Labute approximate surface area is 220 Å². The van der Waals surface area contributed by atoms with Crippen LogP contribution >= 0.6 is 15.9 Å². The number of hydrazone groups is 1. The quantitative estimate of drug-likeness (QED) is 0.252. The topological polar surface area (TPSA) is 80.7 Å². The minimum absolute atomic E-state index is 0.223. The van der Waals surface area contributed by atoms with E-state index in [0.29, 0.717) is 23.3 Å². The number of hydrogen-bond donors (Lipinski definition) is 0. The van der Waals surface area contributed by atoms with Crippen molar-refractivity contribution in [1.82, 2.24) is 14.8 Å². The summed E-state index contributed by atoms with van der Waals surface area (Å²) < 4.78 is 8.32. The Morgan fingerprint density at radius 2 is 1.73 bits per heavy atom. The molecule has 1 aliphatic rings. The van der Waals surface area contributed by atoms with Crippen molar-refractivity contribution in [3.05, 3.63) is 117 Å². The summed E-state index contributed by atoms with van der Waals surface area (Å²) >= 11 is 3.50. The van der Waals surface area contributed by atoms with Gasteiger partial charge in [0, 0.05) is 40.5 Å². The SMILES string of the molecule is CC(=O)N1N=C(c2cc3ccccc3oc2=O)CC1c1cn(-c2ccccc2)nc1-c1ccc(Br)cc1. The molecule has 1 atom stereocenters. The molecule has 0 bridgehead atoms. The lowest BCUT2D eigenvalue weighted by Crippen LogP contribution is -2.24. The van der Waals surface area contributed by atoms with E-state index < -0.39 is 11.7 Å². The van der Waals surface area contributed by atoms with Crippen LogP contribution in [0.1, 0.15) is 30.5 Å². The number of fused-ring (bicyclic) bond motifs is 1. The third-order valence-corrected chi connectivity index (χ3v) is 6.95. The Morgan fingerprint density at radius 1 is 1.00 bits per heavy atom. The van der Waals surface area contributed by atoms with Crippen LogP contribution in [-0.2, 0) is 4.79 Å². The summed E-state index contributed by atoms with van der Waals surface area (Å²) in [5, 5.41) is 11.8. The van der Waals surface area contributed by atoms with Crippen molar-refractivity contribution in [2.75, 3.05) is 0 Å². The molecule has 0 saturated heterocycles. The van der Waals surface area contributed by atoms with E-state index in [4.69, 9.17) is 9.52 Å². The van der Waals surface area contributed by atoms with Gasteiger partial charge in [-0.2, -0.15) is 10.2 Å². The minimum atomic E-state index is -0.477. The molecule has 1 amide bonds. The number of benzene rings is 3. The molecule has 7 nitrogen and oxygen atoms in total. The first kappa shape index (κ1) is 23.1. The van der Waals surface area contributed by atoms with Crippen molar-refractivity contribution >= 4 is 38.5 Å². The van der Waals surface area contributed by atoms with Gasteiger partial charge < -0.3 is 4.42 Å². The molecule has 0 saturated carbocycles. The lowest BCUT2D eigenvalue weighted by atomic mass is 9.96. The minimum Gasteiger partial charge on any atom is -0.422 e. The second kappa shape index (κ2) is 9.29. The molecule has 182 valence electrons. The van der Waals surface area contributed by atoms with E-state index >= 15 is 0 Å². The molecule has 8 heteroatoms. The van der Waals surface area contributed by atoms with Crippen LogP contribution in [0.4, 0.5) is 0 Å². The van der Waals surface area contributed by atoms with E-state index in [1.165, 1.54) is 11.9 Å². The second-order valence-corrected chi connectivity index (χ2v) is 9.75. The number of amides is 1. The van der Waals surface area contributed by atoms with Crippen molar-refractivity contribution in [3.63, 3.8) is 0 Å². The molecule has 37 heavy (non-hydrogen) atoms. The largest absolute Gasteiger partial charge is 0.422 e. The average molecular weight is 553 g/mol. The molecule has 0 fully saturated rings. The molecule has 3 heterocycles. The van der Waals surface area contributed by atoms with Crippen LogP contribution in [0.15, 0.2) is 110 Å². The van der Waals surface area contributed by atoms with Crippen LogP contribution in [0, 0.1) is 0 Å². The van der Waals surface area contributed by atoms with Gasteiger partial charge in [0.05, 0.1) is 28.7 Å². The maximum absolute atomic E-state index is 12.9. The predicted molar refractivity (Wildman–Crippen MR) is 146 cm³/mol. The number of nitrogens with zero attached hydrogens (tertiary/aromatic N) is 4. The molecular formula is C29H21BrN4O3. The smallest absolute Gasteiger partial charge is 0.345 e. The first-order valence-electron chi connectivity index (χ1n) is 11.8. The van der Waals surface area contributed by atoms with Crippen LogP contribution < -0.4 is 5.63 Å². The van der Waals surface area contributed by atoms with Crippen molar-refractivity contribution in [1.29, 1.82) is 0 Å². The lowest BCUT2D eigenvalue weighted by Gasteiger charge is -2.20. The van der Waals surface area contributed by atoms with Crippen molar-refractivity contribution in [2.24, 2.45) is 5.10 Å². The molecule has 1 unspecified atom stereocenters. The second-order valence-electron chi connectivity index (χ2n) is 8.84. The lowest BCUT2D eigenvalue weighted by molar-refractivity contribution is -0.130. The highest BCUT2D eigenvalue weighted by molar-refractivity contribution is 9.10. The van der Waals surface area contributed by atoms with Gasteiger partial charge in [0.1, 0.15) is 5.58 Å². The van der Waals surface area contributed by atoms with Crippen LogP contribution in [0.3, 0.4) is 0 Å². The fourth-order valence-electron chi connectivity index (χ4n) is 4.64. The summed E-state index contributed by atoms with van der Waals surface area (Å²) in [5.74, 6) is -0.223. The highest BCUT2D eigenvalue weighted by Crippen LogP contribution is 2.38. The Morgan fingerprint density at radius 3 is 2.49 bits per heavy atom. The highest BCUT2D eigenvalue weighted by Gasteiger charge is 2.36. The molecule has 3 aromatic carbocycles. The van der Waals surface area contributed by atoms with Crippen LogP contribution in [0.25, 0.3) is 27.9 Å². The fourth-order valence-corrected chi connectivity index (χ4v) is 4.91. The molecule has 0 N–H and O–H groups in total. The monoisotopic (exact) mass is 552 g/mol. The summed E-state index contributed by atoms with van der Waals surface area (Å²) in [6.07, 6.45) is 2.29. The number of para-hydroxylation sites is 2. The van der Waals surface area contributed by atoms with Crippen LogP contribution in [-0.4, -0.2) is 26.4 Å². The molecule has 0 spiro atoms. The van der Waals surface area contributed by atoms with Gasteiger partial charge in [0.2, 0.25) is 5.91 Å². The summed E-state index contributed by atoms with van der Waals surface area (Å²) in [5.41, 5.74) is 4.29. The van der Waals surface area contributed by atoms with E-state index in [2.05, 4.69) is 21.0 Å². The van der Waals surface area contributed by atoms with Crippen LogP contribution in [0.2, 0.25) is 0 Å². The summed E-state index contributed by atoms with van der Waals surface area (Å²) in [6.45, 7) is 1.48. The van der Waals surface area contributed by atoms with Gasteiger partial charge in [-0.1, -0.05) is 64.5 Å². The zero-order valence-electron chi connectivity index (χ0n) is 19.8. The van der Waals surface area contributed by atoms with Gasteiger partial charge >= 0.3 is 5.63 Å². The van der Waals surface area contributed by atoms with Gasteiger partial charge in [0.15, 0.2) is 0 Å². The predicted octanol–water partition coefficient (Wildman–Crippen LogP) is 6.11. The molecule has 0 aliphatic carbocycles. The number of aromatic nitrogens is 2. The number of hydrogen-bond acceptors (Lipinski definition) is 5. The van der Waals surface area contributed by atoms with E-state index in [1.807, 2.05) is 83.7 Å². The summed E-state index contributed by atoms with van der Waals surface area (Å²) in [6, 6.07) is 26.4. The normalized spacial score (nSPS) is 15.2. The van der Waals surface area contributed by atoms with Crippen molar-refractivity contribution in [2.45, 2.75) is 19.4 Å². The Hall–Kier alpha value is -4.30. The standard InChI is InChI=1S/C29H21BrN4O3/c1-18(35)34-26(16-25(31-34)23-15-20-7-5-6-10-27(20)37-29(23)36)24-17-33(22-8-3-2-4-9-22)32-28(24)19-11-13-21(30)14-12-19/h2-15,17,26H,16H2,1H3. The fraction of sp³-hybridized carbons (Fsp3) is 0.103. The molecule has 0 radical (unpaired) electrons. The summed E-state index contributed by atoms with van der Waals surface area (Å²) in [4.78, 5) is 25.6.